The molecule has 132 valence electrons. The lowest BCUT2D eigenvalue weighted by atomic mass is 9.91. The lowest BCUT2D eigenvalue weighted by Crippen LogP contribution is -2.28. The summed E-state index contributed by atoms with van der Waals surface area (Å²) in [6.45, 7) is 2.61. The number of amides is 1. The number of hydrogen-bond donors (Lipinski definition) is 2. The molecule has 2 aromatic rings. The molecule has 3 rings (SSSR count). The number of carbonyl (C=O) groups excluding carboxylic acids is 1. The van der Waals surface area contributed by atoms with E-state index in [2.05, 4.69) is 32.7 Å². The summed E-state index contributed by atoms with van der Waals surface area (Å²) in [4.78, 5) is 22.7. The van der Waals surface area contributed by atoms with Crippen LogP contribution in [0.3, 0.4) is 0 Å². The summed E-state index contributed by atoms with van der Waals surface area (Å²) >= 11 is 0. The average molecular weight is 339 g/mol. The Bertz CT molecular complexity index is 693. The van der Waals surface area contributed by atoms with E-state index in [1.54, 1.807) is 31.4 Å². The van der Waals surface area contributed by atoms with Crippen LogP contribution >= 0.6 is 0 Å². The van der Waals surface area contributed by atoms with Gasteiger partial charge in [0.15, 0.2) is 0 Å². The highest BCUT2D eigenvalue weighted by molar-refractivity contribution is 5.94. The van der Waals surface area contributed by atoms with E-state index >= 15 is 0 Å². The van der Waals surface area contributed by atoms with Gasteiger partial charge in [-0.15, -0.1) is 0 Å². The lowest BCUT2D eigenvalue weighted by molar-refractivity contribution is 0.0785. The van der Waals surface area contributed by atoms with Crippen LogP contribution in [-0.2, 0) is 6.54 Å². The molecule has 2 N–H and O–H groups in total. The van der Waals surface area contributed by atoms with Crippen LogP contribution in [0, 0.1) is 0 Å². The minimum atomic E-state index is 0.00557. The molecule has 0 bridgehead atoms. The third-order valence-electron chi connectivity index (χ3n) is 4.62. The third-order valence-corrected chi connectivity index (χ3v) is 4.62. The topological polar surface area (TPSA) is 70.2 Å². The van der Waals surface area contributed by atoms with E-state index in [1.807, 2.05) is 12.1 Å². The molecule has 0 aliphatic carbocycles. The van der Waals surface area contributed by atoms with Gasteiger partial charge in [0.2, 0.25) is 5.95 Å². The van der Waals surface area contributed by atoms with Gasteiger partial charge in [-0.05, 0) is 43.0 Å². The first-order chi connectivity index (χ1) is 12.2. The number of aromatic nitrogens is 2. The zero-order valence-corrected chi connectivity index (χ0v) is 14.8. The molecule has 6 nitrogen and oxygen atoms in total. The molecule has 0 saturated carbocycles. The number of carbonyl (C=O) groups is 1. The first-order valence-corrected chi connectivity index (χ1v) is 8.72. The normalized spacial score (nSPS) is 17.1. The van der Waals surface area contributed by atoms with Crippen molar-refractivity contribution in [2.24, 2.45) is 0 Å². The fraction of sp³-hybridized carbons (Fsp3) is 0.421. The summed E-state index contributed by atoms with van der Waals surface area (Å²) < 4.78 is 0. The Balaban J connectivity index is 1.62. The van der Waals surface area contributed by atoms with Crippen LogP contribution in [0.2, 0.25) is 0 Å². The zero-order valence-electron chi connectivity index (χ0n) is 14.8. The Kier molecular flexibility index (Phi) is 5.60. The maximum absolute atomic E-state index is 12.6. The van der Waals surface area contributed by atoms with Crippen LogP contribution in [0.1, 0.15) is 40.2 Å². The first kappa shape index (κ1) is 17.4. The molecule has 0 spiro atoms. The van der Waals surface area contributed by atoms with E-state index in [4.69, 9.17) is 0 Å². The molecule has 0 radical (unpaired) electrons. The van der Waals surface area contributed by atoms with Gasteiger partial charge in [-0.1, -0.05) is 12.1 Å². The monoisotopic (exact) mass is 339 g/mol. The van der Waals surface area contributed by atoms with Crippen molar-refractivity contribution >= 4 is 11.9 Å². The fourth-order valence-electron chi connectivity index (χ4n) is 3.17. The quantitative estimate of drug-likeness (QED) is 0.874. The summed E-state index contributed by atoms with van der Waals surface area (Å²) in [6.07, 6.45) is 5.90. The van der Waals surface area contributed by atoms with Gasteiger partial charge in [-0.3, -0.25) is 4.79 Å². The van der Waals surface area contributed by atoms with Crippen LogP contribution in [0.15, 0.2) is 36.7 Å². The highest BCUT2D eigenvalue weighted by Crippen LogP contribution is 2.23. The standard InChI is InChI=1S/C19H25N5O/c1-20-19-22-10-14(11-23-19)13-24(2)18(25)16-7-5-15(6-8-16)17-4-3-9-21-12-17/h5-8,10-11,17,21H,3-4,9,12-13H2,1-2H3,(H,20,22,23)/t17-/m1/s1. The van der Waals surface area contributed by atoms with Crippen LogP contribution in [0.25, 0.3) is 0 Å². The molecule has 1 saturated heterocycles. The van der Waals surface area contributed by atoms with Gasteiger partial charge >= 0.3 is 0 Å². The molecule has 0 unspecified atom stereocenters. The van der Waals surface area contributed by atoms with Crippen molar-refractivity contribution in [3.05, 3.63) is 53.3 Å². The number of piperidine rings is 1. The largest absolute Gasteiger partial charge is 0.357 e. The van der Waals surface area contributed by atoms with Crippen molar-refractivity contribution in [3.63, 3.8) is 0 Å². The summed E-state index contributed by atoms with van der Waals surface area (Å²) in [5, 5.41) is 6.31. The Morgan fingerprint density at radius 3 is 2.60 bits per heavy atom. The molecular formula is C19H25N5O. The second-order valence-electron chi connectivity index (χ2n) is 6.49. The molecule has 1 aromatic carbocycles. The minimum Gasteiger partial charge on any atom is -0.357 e. The maximum Gasteiger partial charge on any atom is 0.253 e. The summed E-state index contributed by atoms with van der Waals surface area (Å²) in [7, 11) is 3.57. The number of hydrogen-bond acceptors (Lipinski definition) is 5. The minimum absolute atomic E-state index is 0.00557. The molecular weight excluding hydrogens is 314 g/mol. The van der Waals surface area contributed by atoms with Crippen molar-refractivity contribution in [3.8, 4) is 0 Å². The Morgan fingerprint density at radius 2 is 2.00 bits per heavy atom. The molecule has 1 fully saturated rings. The van der Waals surface area contributed by atoms with Crippen molar-refractivity contribution < 1.29 is 4.79 Å². The number of rotatable bonds is 5. The molecule has 1 atom stereocenters. The van der Waals surface area contributed by atoms with Gasteiger partial charge in [0.05, 0.1) is 0 Å². The molecule has 1 aliphatic heterocycles. The maximum atomic E-state index is 12.6. The number of nitrogens with zero attached hydrogens (tertiary/aromatic N) is 3. The Morgan fingerprint density at radius 1 is 1.28 bits per heavy atom. The van der Waals surface area contributed by atoms with Gasteiger partial charge in [0.25, 0.3) is 5.91 Å². The molecule has 1 aromatic heterocycles. The van der Waals surface area contributed by atoms with E-state index < -0.39 is 0 Å². The second-order valence-corrected chi connectivity index (χ2v) is 6.49. The molecule has 1 amide bonds. The van der Waals surface area contributed by atoms with E-state index in [0.717, 1.165) is 18.7 Å². The van der Waals surface area contributed by atoms with Gasteiger partial charge < -0.3 is 15.5 Å². The summed E-state index contributed by atoms with van der Waals surface area (Å²) in [5.41, 5.74) is 2.92. The van der Waals surface area contributed by atoms with E-state index in [1.165, 1.54) is 18.4 Å². The van der Waals surface area contributed by atoms with E-state index in [-0.39, 0.29) is 5.91 Å². The Labute approximate surface area is 148 Å². The van der Waals surface area contributed by atoms with Crippen LogP contribution < -0.4 is 10.6 Å². The predicted octanol–water partition coefficient (Wildman–Crippen LogP) is 2.26. The Hall–Kier alpha value is -2.47. The summed E-state index contributed by atoms with van der Waals surface area (Å²) in [5.74, 6) is 1.13. The van der Waals surface area contributed by atoms with Gasteiger partial charge in [0, 0.05) is 50.7 Å². The number of anilines is 1. The van der Waals surface area contributed by atoms with Crippen molar-refractivity contribution in [1.82, 2.24) is 20.2 Å². The molecule has 1 aliphatic rings. The van der Waals surface area contributed by atoms with Crippen molar-refractivity contribution in [2.45, 2.75) is 25.3 Å². The van der Waals surface area contributed by atoms with Gasteiger partial charge in [-0.2, -0.15) is 0 Å². The SMILES string of the molecule is CNc1ncc(CN(C)C(=O)c2ccc([C@@H]3CCCNC3)cc2)cn1. The average Bonchev–Trinajstić information content (AvgIpc) is 2.69. The highest BCUT2D eigenvalue weighted by Gasteiger charge is 2.17. The second kappa shape index (κ2) is 8.07. The number of benzene rings is 1. The highest BCUT2D eigenvalue weighted by atomic mass is 16.2. The predicted molar refractivity (Wildman–Crippen MR) is 98.7 cm³/mol. The van der Waals surface area contributed by atoms with E-state index in [9.17, 15) is 4.79 Å². The van der Waals surface area contributed by atoms with Gasteiger partial charge in [-0.25, -0.2) is 9.97 Å². The van der Waals surface area contributed by atoms with Gasteiger partial charge in [0.1, 0.15) is 0 Å². The number of nitrogens with one attached hydrogen (secondary N) is 2. The summed E-state index contributed by atoms with van der Waals surface area (Å²) in [6, 6.07) is 8.04. The van der Waals surface area contributed by atoms with Crippen LogP contribution in [-0.4, -0.2) is 48.0 Å². The molecule has 6 heteroatoms. The molecule has 25 heavy (non-hydrogen) atoms. The van der Waals surface area contributed by atoms with Crippen LogP contribution in [0.5, 0.6) is 0 Å². The zero-order chi connectivity index (χ0) is 17.6. The smallest absolute Gasteiger partial charge is 0.253 e. The van der Waals surface area contributed by atoms with Crippen molar-refractivity contribution in [2.75, 3.05) is 32.5 Å². The fourth-order valence-corrected chi connectivity index (χ4v) is 3.17. The molecule has 2 heterocycles. The van der Waals surface area contributed by atoms with Crippen LogP contribution in [0.4, 0.5) is 5.95 Å². The lowest BCUT2D eigenvalue weighted by Gasteiger charge is -2.23. The first-order valence-electron chi connectivity index (χ1n) is 8.72. The van der Waals surface area contributed by atoms with E-state index in [0.29, 0.717) is 24.0 Å². The third kappa shape index (κ3) is 4.33. The van der Waals surface area contributed by atoms with Crippen molar-refractivity contribution in [1.29, 1.82) is 0 Å².